The van der Waals surface area contributed by atoms with Crippen LogP contribution in [0.25, 0.3) is 0 Å². The molecule has 0 bridgehead atoms. The van der Waals surface area contributed by atoms with Crippen molar-refractivity contribution >= 4 is 17.5 Å². The van der Waals surface area contributed by atoms with Crippen LogP contribution in [0.1, 0.15) is 28.9 Å². The lowest BCUT2D eigenvalue weighted by Gasteiger charge is -2.32. The van der Waals surface area contributed by atoms with E-state index in [-0.39, 0.29) is 11.9 Å². The van der Waals surface area contributed by atoms with Crippen LogP contribution in [0.2, 0.25) is 5.02 Å². The van der Waals surface area contributed by atoms with Crippen LogP contribution in [0, 0.1) is 0 Å². The Kier molecular flexibility index (Phi) is 5.20. The highest BCUT2D eigenvalue weighted by Gasteiger charge is 2.21. The van der Waals surface area contributed by atoms with Crippen LogP contribution >= 0.6 is 11.6 Å². The predicted molar refractivity (Wildman–Crippen MR) is 89.2 cm³/mol. The molecule has 0 aliphatic carbocycles. The first-order valence-electron chi connectivity index (χ1n) is 7.74. The average Bonchev–Trinajstić information content (AvgIpc) is 2.57. The van der Waals surface area contributed by atoms with Gasteiger partial charge in [-0.2, -0.15) is 0 Å². The molecule has 1 saturated heterocycles. The molecule has 1 aliphatic rings. The molecule has 1 aliphatic heterocycles. The number of hydrogen-bond donors (Lipinski definition) is 1. The van der Waals surface area contributed by atoms with Crippen molar-refractivity contribution in [1.82, 2.24) is 20.2 Å². The minimum absolute atomic E-state index is 0.124. The third-order valence-electron chi connectivity index (χ3n) is 4.03. The lowest BCUT2D eigenvalue weighted by atomic mass is 10.0. The van der Waals surface area contributed by atoms with E-state index in [1.165, 1.54) is 11.9 Å². The van der Waals surface area contributed by atoms with Gasteiger partial charge < -0.3 is 5.32 Å². The third-order valence-corrected chi connectivity index (χ3v) is 4.27. The largest absolute Gasteiger partial charge is 0.348 e. The fourth-order valence-electron chi connectivity index (χ4n) is 2.81. The van der Waals surface area contributed by atoms with Crippen molar-refractivity contribution in [2.75, 3.05) is 13.1 Å². The molecule has 3 rings (SSSR count). The number of carbonyl (C=O) groups is 1. The zero-order valence-corrected chi connectivity index (χ0v) is 13.5. The maximum atomic E-state index is 12.1. The Bertz CT molecular complexity index is 657. The van der Waals surface area contributed by atoms with E-state index in [2.05, 4.69) is 26.3 Å². The van der Waals surface area contributed by atoms with E-state index in [4.69, 9.17) is 11.6 Å². The Balaban J connectivity index is 1.48. The van der Waals surface area contributed by atoms with Crippen molar-refractivity contribution in [2.45, 2.75) is 25.4 Å². The zero-order valence-electron chi connectivity index (χ0n) is 12.8. The number of nitrogens with zero attached hydrogens (tertiary/aromatic N) is 3. The average molecular weight is 331 g/mol. The molecule has 6 heteroatoms. The van der Waals surface area contributed by atoms with Crippen molar-refractivity contribution < 1.29 is 4.79 Å². The van der Waals surface area contributed by atoms with Crippen molar-refractivity contribution in [1.29, 1.82) is 0 Å². The van der Waals surface area contributed by atoms with Gasteiger partial charge in [0.1, 0.15) is 12.0 Å². The van der Waals surface area contributed by atoms with Crippen molar-refractivity contribution in [3.05, 3.63) is 59.1 Å². The molecule has 1 aromatic carbocycles. The maximum absolute atomic E-state index is 12.1. The van der Waals surface area contributed by atoms with Gasteiger partial charge in [0, 0.05) is 36.9 Å². The third kappa shape index (κ3) is 4.50. The minimum Gasteiger partial charge on any atom is -0.348 e. The predicted octanol–water partition coefficient (Wildman–Crippen LogP) is 2.52. The monoisotopic (exact) mass is 330 g/mol. The van der Waals surface area contributed by atoms with E-state index in [0.29, 0.717) is 5.69 Å². The Morgan fingerprint density at radius 2 is 2.13 bits per heavy atom. The molecule has 1 N–H and O–H groups in total. The van der Waals surface area contributed by atoms with Gasteiger partial charge in [-0.25, -0.2) is 9.97 Å². The van der Waals surface area contributed by atoms with Crippen LogP contribution in [0.4, 0.5) is 0 Å². The molecule has 0 unspecified atom stereocenters. The fourth-order valence-corrected chi connectivity index (χ4v) is 3.03. The van der Waals surface area contributed by atoms with Crippen LogP contribution < -0.4 is 5.32 Å². The number of nitrogens with one attached hydrogen (secondary N) is 1. The van der Waals surface area contributed by atoms with Crippen molar-refractivity contribution in [2.24, 2.45) is 0 Å². The highest BCUT2D eigenvalue weighted by Crippen LogP contribution is 2.16. The van der Waals surface area contributed by atoms with Gasteiger partial charge in [-0.3, -0.25) is 9.69 Å². The van der Waals surface area contributed by atoms with Crippen LogP contribution in [-0.4, -0.2) is 39.9 Å². The number of amides is 1. The quantitative estimate of drug-likeness (QED) is 0.936. The molecule has 23 heavy (non-hydrogen) atoms. The molecule has 2 aromatic rings. The summed E-state index contributed by atoms with van der Waals surface area (Å²) in [5.41, 5.74) is 1.64. The van der Waals surface area contributed by atoms with E-state index >= 15 is 0 Å². The maximum Gasteiger partial charge on any atom is 0.270 e. The Labute approximate surface area is 140 Å². The molecule has 0 atom stereocenters. The molecule has 0 saturated carbocycles. The van der Waals surface area contributed by atoms with E-state index < -0.39 is 0 Å². The fraction of sp³-hybridized carbons (Fsp3) is 0.353. The van der Waals surface area contributed by atoms with E-state index in [9.17, 15) is 4.79 Å². The number of benzene rings is 1. The first-order chi connectivity index (χ1) is 11.2. The molecule has 0 spiro atoms. The van der Waals surface area contributed by atoms with Gasteiger partial charge in [0.05, 0.1) is 0 Å². The molecule has 1 fully saturated rings. The smallest absolute Gasteiger partial charge is 0.270 e. The Hall–Kier alpha value is -1.98. The zero-order chi connectivity index (χ0) is 16.1. The molecule has 5 nitrogen and oxygen atoms in total. The molecule has 1 amide bonds. The Morgan fingerprint density at radius 1 is 1.30 bits per heavy atom. The molecule has 2 heterocycles. The number of piperidine rings is 1. The number of carbonyl (C=O) groups excluding carboxylic acids is 1. The number of hydrogen-bond acceptors (Lipinski definition) is 4. The number of rotatable bonds is 4. The van der Waals surface area contributed by atoms with Crippen molar-refractivity contribution in [3.8, 4) is 0 Å². The topological polar surface area (TPSA) is 58.1 Å². The van der Waals surface area contributed by atoms with E-state index in [1.807, 2.05) is 18.2 Å². The van der Waals surface area contributed by atoms with Crippen LogP contribution in [0.5, 0.6) is 0 Å². The minimum atomic E-state index is -0.124. The molecule has 120 valence electrons. The summed E-state index contributed by atoms with van der Waals surface area (Å²) in [4.78, 5) is 22.3. The highest BCUT2D eigenvalue weighted by atomic mass is 35.5. The van der Waals surface area contributed by atoms with Gasteiger partial charge >= 0.3 is 0 Å². The van der Waals surface area contributed by atoms with E-state index in [1.54, 1.807) is 12.3 Å². The second-order valence-electron chi connectivity index (χ2n) is 5.75. The van der Waals surface area contributed by atoms with Gasteiger partial charge in [-0.1, -0.05) is 23.7 Å². The van der Waals surface area contributed by atoms with Crippen LogP contribution in [0.3, 0.4) is 0 Å². The number of likely N-dealkylation sites (tertiary alicyclic amines) is 1. The SMILES string of the molecule is O=C(NC1CCN(Cc2cccc(Cl)c2)CC1)c1ccncn1. The summed E-state index contributed by atoms with van der Waals surface area (Å²) in [7, 11) is 0. The van der Waals surface area contributed by atoms with Crippen LogP contribution in [0.15, 0.2) is 42.9 Å². The summed E-state index contributed by atoms with van der Waals surface area (Å²) < 4.78 is 0. The van der Waals surface area contributed by atoms with Gasteiger partial charge in [0.2, 0.25) is 0 Å². The van der Waals surface area contributed by atoms with E-state index in [0.717, 1.165) is 37.5 Å². The normalized spacial score (nSPS) is 16.2. The molecular weight excluding hydrogens is 312 g/mol. The van der Waals surface area contributed by atoms with Gasteiger partial charge in [-0.05, 0) is 36.6 Å². The first-order valence-corrected chi connectivity index (χ1v) is 8.12. The molecule has 0 radical (unpaired) electrons. The van der Waals surface area contributed by atoms with Gasteiger partial charge in [0.25, 0.3) is 5.91 Å². The van der Waals surface area contributed by atoms with Gasteiger partial charge in [-0.15, -0.1) is 0 Å². The number of halogens is 1. The second kappa shape index (κ2) is 7.53. The summed E-state index contributed by atoms with van der Waals surface area (Å²) in [5, 5.41) is 3.82. The summed E-state index contributed by atoms with van der Waals surface area (Å²) in [6.45, 7) is 2.82. The highest BCUT2D eigenvalue weighted by molar-refractivity contribution is 6.30. The lowest BCUT2D eigenvalue weighted by Crippen LogP contribution is -2.44. The summed E-state index contributed by atoms with van der Waals surface area (Å²) in [6, 6.07) is 9.79. The summed E-state index contributed by atoms with van der Waals surface area (Å²) >= 11 is 6.02. The summed E-state index contributed by atoms with van der Waals surface area (Å²) in [6.07, 6.45) is 4.85. The van der Waals surface area contributed by atoms with Crippen LogP contribution in [-0.2, 0) is 6.54 Å². The second-order valence-corrected chi connectivity index (χ2v) is 6.18. The first kappa shape index (κ1) is 15.9. The Morgan fingerprint density at radius 3 is 2.83 bits per heavy atom. The summed E-state index contributed by atoms with van der Waals surface area (Å²) in [5.74, 6) is -0.124. The number of aromatic nitrogens is 2. The molecule has 1 aromatic heterocycles. The van der Waals surface area contributed by atoms with Crippen molar-refractivity contribution in [3.63, 3.8) is 0 Å². The molecular formula is C17H19ClN4O. The lowest BCUT2D eigenvalue weighted by molar-refractivity contribution is 0.0903. The standard InChI is InChI=1S/C17H19ClN4O/c18-14-3-1-2-13(10-14)11-22-8-5-15(6-9-22)21-17(23)16-4-7-19-12-20-16/h1-4,7,10,12,15H,5-6,8-9,11H2,(H,21,23). The van der Waals surface area contributed by atoms with Gasteiger partial charge in [0.15, 0.2) is 0 Å².